The Labute approximate surface area is 106 Å². The molecule has 0 amide bonds. The molecule has 1 heterocycles. The second-order valence-corrected chi connectivity index (χ2v) is 4.27. The van der Waals surface area contributed by atoms with Crippen molar-refractivity contribution in [3.05, 3.63) is 41.6 Å². The molecule has 5 heteroatoms. The van der Waals surface area contributed by atoms with Crippen molar-refractivity contribution in [2.24, 2.45) is 5.73 Å². The zero-order valence-electron chi connectivity index (χ0n) is 10.2. The SMILES string of the molecule is NCCCc1cnn(Cc2ccc(O)cc2)c1N. The van der Waals surface area contributed by atoms with Gasteiger partial charge in [-0.2, -0.15) is 5.10 Å². The molecule has 0 radical (unpaired) electrons. The van der Waals surface area contributed by atoms with Gasteiger partial charge in [-0.3, -0.25) is 0 Å². The highest BCUT2D eigenvalue weighted by molar-refractivity contribution is 5.39. The van der Waals surface area contributed by atoms with E-state index in [1.165, 1.54) is 0 Å². The summed E-state index contributed by atoms with van der Waals surface area (Å²) in [5.41, 5.74) is 13.6. The smallest absolute Gasteiger partial charge is 0.125 e. The Kier molecular flexibility index (Phi) is 3.84. The topological polar surface area (TPSA) is 90.1 Å². The number of nitrogens with zero attached hydrogens (tertiary/aromatic N) is 2. The number of anilines is 1. The van der Waals surface area contributed by atoms with Crippen molar-refractivity contribution in [1.82, 2.24) is 9.78 Å². The Morgan fingerprint density at radius 3 is 2.61 bits per heavy atom. The fraction of sp³-hybridized carbons (Fsp3) is 0.308. The molecule has 5 N–H and O–H groups in total. The Balaban J connectivity index is 2.09. The molecule has 1 aromatic carbocycles. The van der Waals surface area contributed by atoms with Gasteiger partial charge in [0.05, 0.1) is 12.7 Å². The number of aromatic hydroxyl groups is 1. The van der Waals surface area contributed by atoms with Crippen molar-refractivity contribution in [3.63, 3.8) is 0 Å². The van der Waals surface area contributed by atoms with Crippen LogP contribution in [-0.2, 0) is 13.0 Å². The van der Waals surface area contributed by atoms with Crippen molar-refractivity contribution in [1.29, 1.82) is 0 Å². The van der Waals surface area contributed by atoms with E-state index in [1.54, 1.807) is 23.0 Å². The van der Waals surface area contributed by atoms with Crippen LogP contribution in [0.5, 0.6) is 5.75 Å². The minimum absolute atomic E-state index is 0.260. The third-order valence-electron chi connectivity index (χ3n) is 2.88. The van der Waals surface area contributed by atoms with Gasteiger partial charge in [0.25, 0.3) is 0 Å². The van der Waals surface area contributed by atoms with Crippen molar-refractivity contribution < 1.29 is 5.11 Å². The summed E-state index contributed by atoms with van der Waals surface area (Å²) in [6.07, 6.45) is 3.57. The minimum Gasteiger partial charge on any atom is -0.508 e. The molecule has 0 spiro atoms. The summed E-state index contributed by atoms with van der Waals surface area (Å²) in [5, 5.41) is 13.5. The maximum absolute atomic E-state index is 9.22. The molecule has 2 rings (SSSR count). The van der Waals surface area contributed by atoms with E-state index in [-0.39, 0.29) is 5.75 Å². The number of rotatable bonds is 5. The molecular formula is C13H18N4O. The van der Waals surface area contributed by atoms with Crippen LogP contribution in [0.4, 0.5) is 5.82 Å². The summed E-state index contributed by atoms with van der Waals surface area (Å²) in [6.45, 7) is 1.26. The molecule has 0 atom stereocenters. The van der Waals surface area contributed by atoms with Crippen molar-refractivity contribution in [2.45, 2.75) is 19.4 Å². The molecule has 0 aliphatic rings. The number of benzene rings is 1. The van der Waals surface area contributed by atoms with Crippen LogP contribution in [-0.4, -0.2) is 21.4 Å². The average Bonchev–Trinajstić information content (AvgIpc) is 2.71. The quantitative estimate of drug-likeness (QED) is 0.737. The lowest BCUT2D eigenvalue weighted by Crippen LogP contribution is -2.07. The van der Waals surface area contributed by atoms with Crippen LogP contribution in [0.15, 0.2) is 30.5 Å². The van der Waals surface area contributed by atoms with Gasteiger partial charge in [0.1, 0.15) is 11.6 Å². The second-order valence-electron chi connectivity index (χ2n) is 4.27. The van der Waals surface area contributed by atoms with Gasteiger partial charge in [-0.15, -0.1) is 0 Å². The van der Waals surface area contributed by atoms with Gasteiger partial charge in [-0.05, 0) is 37.1 Å². The Morgan fingerprint density at radius 2 is 1.94 bits per heavy atom. The molecule has 0 saturated carbocycles. The highest BCUT2D eigenvalue weighted by Gasteiger charge is 2.07. The Bertz CT molecular complexity index is 504. The number of phenolic OH excluding ortho intramolecular Hbond substituents is 1. The molecule has 2 aromatic rings. The first-order valence-electron chi connectivity index (χ1n) is 5.99. The maximum atomic E-state index is 9.22. The van der Waals surface area contributed by atoms with Crippen LogP contribution < -0.4 is 11.5 Å². The number of phenols is 1. The molecule has 0 aliphatic heterocycles. The molecule has 0 bridgehead atoms. The molecule has 0 fully saturated rings. The molecule has 1 aromatic heterocycles. The molecule has 0 aliphatic carbocycles. The fourth-order valence-corrected chi connectivity index (χ4v) is 1.82. The first-order valence-corrected chi connectivity index (χ1v) is 5.99. The Hall–Kier alpha value is -2.01. The predicted molar refractivity (Wildman–Crippen MR) is 71.2 cm³/mol. The molecular weight excluding hydrogens is 228 g/mol. The zero-order chi connectivity index (χ0) is 13.0. The van der Waals surface area contributed by atoms with E-state index < -0.39 is 0 Å². The third-order valence-corrected chi connectivity index (χ3v) is 2.88. The fourth-order valence-electron chi connectivity index (χ4n) is 1.82. The van der Waals surface area contributed by atoms with E-state index in [2.05, 4.69) is 5.10 Å². The van der Waals surface area contributed by atoms with Gasteiger partial charge in [-0.25, -0.2) is 4.68 Å². The van der Waals surface area contributed by atoms with E-state index in [0.717, 1.165) is 24.0 Å². The van der Waals surface area contributed by atoms with Gasteiger partial charge >= 0.3 is 0 Å². The molecule has 0 unspecified atom stereocenters. The van der Waals surface area contributed by atoms with E-state index in [4.69, 9.17) is 11.5 Å². The number of aromatic nitrogens is 2. The van der Waals surface area contributed by atoms with Gasteiger partial charge in [0.2, 0.25) is 0 Å². The summed E-state index contributed by atoms with van der Waals surface area (Å²) < 4.78 is 1.76. The van der Waals surface area contributed by atoms with Gasteiger partial charge in [0.15, 0.2) is 0 Å². The number of hydrogen-bond donors (Lipinski definition) is 3. The molecule has 18 heavy (non-hydrogen) atoms. The van der Waals surface area contributed by atoms with E-state index in [9.17, 15) is 5.11 Å². The van der Waals surface area contributed by atoms with Crippen LogP contribution in [0.1, 0.15) is 17.5 Å². The minimum atomic E-state index is 0.260. The zero-order valence-corrected chi connectivity index (χ0v) is 10.2. The van der Waals surface area contributed by atoms with E-state index in [1.807, 2.05) is 12.1 Å². The first-order chi connectivity index (χ1) is 8.70. The van der Waals surface area contributed by atoms with Crippen LogP contribution in [0.25, 0.3) is 0 Å². The van der Waals surface area contributed by atoms with Crippen LogP contribution in [0.2, 0.25) is 0 Å². The van der Waals surface area contributed by atoms with Crippen molar-refractivity contribution in [3.8, 4) is 5.75 Å². The average molecular weight is 246 g/mol. The van der Waals surface area contributed by atoms with E-state index >= 15 is 0 Å². The standard InChI is InChI=1S/C13H18N4O/c14-7-1-2-11-8-16-17(13(11)15)9-10-3-5-12(18)6-4-10/h3-6,8,18H,1-2,7,9,14-15H2. The lowest BCUT2D eigenvalue weighted by Gasteiger charge is -2.05. The van der Waals surface area contributed by atoms with Gasteiger partial charge in [-0.1, -0.05) is 12.1 Å². The molecule has 0 saturated heterocycles. The van der Waals surface area contributed by atoms with Gasteiger partial charge < -0.3 is 16.6 Å². The molecule has 5 nitrogen and oxygen atoms in total. The maximum Gasteiger partial charge on any atom is 0.125 e. The number of aryl methyl sites for hydroxylation is 1. The summed E-state index contributed by atoms with van der Waals surface area (Å²) in [7, 11) is 0. The Morgan fingerprint density at radius 1 is 1.22 bits per heavy atom. The largest absolute Gasteiger partial charge is 0.508 e. The highest BCUT2D eigenvalue weighted by atomic mass is 16.3. The summed E-state index contributed by atoms with van der Waals surface area (Å²) in [5.74, 6) is 0.951. The summed E-state index contributed by atoms with van der Waals surface area (Å²) in [6, 6.07) is 7.03. The lowest BCUT2D eigenvalue weighted by atomic mass is 10.2. The highest BCUT2D eigenvalue weighted by Crippen LogP contribution is 2.16. The van der Waals surface area contributed by atoms with Crippen LogP contribution in [0, 0.1) is 0 Å². The van der Waals surface area contributed by atoms with Gasteiger partial charge in [0, 0.05) is 5.56 Å². The molecule has 96 valence electrons. The number of nitrogen functional groups attached to an aromatic ring is 1. The third kappa shape index (κ3) is 2.81. The van der Waals surface area contributed by atoms with Crippen LogP contribution in [0.3, 0.4) is 0 Å². The normalized spacial score (nSPS) is 10.7. The lowest BCUT2D eigenvalue weighted by molar-refractivity contribution is 0.475. The number of hydrogen-bond acceptors (Lipinski definition) is 4. The summed E-state index contributed by atoms with van der Waals surface area (Å²) in [4.78, 5) is 0. The second kappa shape index (κ2) is 5.55. The first kappa shape index (κ1) is 12.4. The monoisotopic (exact) mass is 246 g/mol. The van der Waals surface area contributed by atoms with Crippen molar-refractivity contribution in [2.75, 3.05) is 12.3 Å². The number of nitrogens with two attached hydrogens (primary N) is 2. The van der Waals surface area contributed by atoms with Crippen LogP contribution >= 0.6 is 0 Å². The van der Waals surface area contributed by atoms with E-state index in [0.29, 0.717) is 18.9 Å². The van der Waals surface area contributed by atoms with Crippen molar-refractivity contribution >= 4 is 5.82 Å². The predicted octanol–water partition coefficient (Wildman–Crippen LogP) is 1.11. The summed E-state index contributed by atoms with van der Waals surface area (Å²) >= 11 is 0.